The molecule has 0 radical (unpaired) electrons. The van der Waals surface area contributed by atoms with Crippen molar-refractivity contribution in [2.24, 2.45) is 11.7 Å². The van der Waals surface area contributed by atoms with E-state index in [-0.39, 0.29) is 24.8 Å². The van der Waals surface area contributed by atoms with Crippen LogP contribution in [0.5, 0.6) is 0 Å². The van der Waals surface area contributed by atoms with Crippen molar-refractivity contribution in [2.45, 2.75) is 57.2 Å². The fraction of sp³-hybridized carbons (Fsp3) is 0.524. The first kappa shape index (κ1) is 19.7. The monoisotopic (exact) mass is 398 g/mol. The molecule has 2 fully saturated rings. The number of hydrogen-bond acceptors (Lipinski definition) is 6. The first-order chi connectivity index (χ1) is 14.0. The van der Waals surface area contributed by atoms with E-state index in [9.17, 15) is 19.2 Å². The largest absolute Gasteiger partial charge is 0.327 e. The lowest BCUT2D eigenvalue weighted by Gasteiger charge is -2.29. The number of hydrogen-bond donors (Lipinski definition) is 3. The van der Waals surface area contributed by atoms with E-state index in [2.05, 4.69) is 10.6 Å². The Morgan fingerprint density at radius 2 is 1.86 bits per heavy atom. The number of nitrogens with zero attached hydrogens (tertiary/aromatic N) is 1. The van der Waals surface area contributed by atoms with Crippen molar-refractivity contribution in [3.63, 3.8) is 0 Å². The van der Waals surface area contributed by atoms with E-state index in [1.807, 2.05) is 6.07 Å². The average Bonchev–Trinajstić information content (AvgIpc) is 2.95. The maximum atomic E-state index is 13.1. The van der Waals surface area contributed by atoms with Crippen molar-refractivity contribution in [2.75, 3.05) is 6.54 Å². The summed E-state index contributed by atoms with van der Waals surface area (Å²) in [6, 6.07) is 4.44. The molecule has 2 aliphatic heterocycles. The number of fused-ring (bicyclic) bond motifs is 1. The van der Waals surface area contributed by atoms with Crippen LogP contribution in [0.15, 0.2) is 18.2 Å². The second kappa shape index (κ2) is 8.04. The van der Waals surface area contributed by atoms with Crippen LogP contribution in [0.25, 0.3) is 0 Å². The summed E-state index contributed by atoms with van der Waals surface area (Å²) >= 11 is 0. The Kier molecular flexibility index (Phi) is 5.47. The summed E-state index contributed by atoms with van der Waals surface area (Å²) in [5, 5.41) is 5.61. The predicted octanol–water partition coefficient (Wildman–Crippen LogP) is 0.695. The number of carbonyl (C=O) groups is 4. The van der Waals surface area contributed by atoms with E-state index in [0.717, 1.165) is 29.8 Å². The Hall–Kier alpha value is -2.58. The molecule has 4 rings (SSSR count). The number of imide groups is 2. The van der Waals surface area contributed by atoms with Crippen molar-refractivity contribution in [1.82, 2.24) is 15.5 Å². The van der Waals surface area contributed by atoms with Crippen LogP contribution in [0, 0.1) is 5.92 Å². The molecule has 8 nitrogen and oxygen atoms in total. The second-order valence-corrected chi connectivity index (χ2v) is 8.13. The van der Waals surface area contributed by atoms with Crippen molar-refractivity contribution in [3.8, 4) is 0 Å². The molecule has 1 aromatic carbocycles. The van der Waals surface area contributed by atoms with Gasteiger partial charge in [0.1, 0.15) is 6.04 Å². The van der Waals surface area contributed by atoms with E-state index < -0.39 is 23.8 Å². The van der Waals surface area contributed by atoms with Crippen LogP contribution < -0.4 is 16.4 Å². The summed E-state index contributed by atoms with van der Waals surface area (Å²) in [4.78, 5) is 50.5. The first-order valence-electron chi connectivity index (χ1n) is 10.3. The van der Waals surface area contributed by atoms with Crippen molar-refractivity contribution >= 4 is 23.6 Å². The highest BCUT2D eigenvalue weighted by atomic mass is 16.2. The third-order valence-electron chi connectivity index (χ3n) is 6.24. The molecule has 3 aliphatic rings. The number of piperidine rings is 1. The molecule has 4 N–H and O–H groups in total. The lowest BCUT2D eigenvalue weighted by Crippen LogP contribution is -2.54. The third kappa shape index (κ3) is 3.70. The summed E-state index contributed by atoms with van der Waals surface area (Å²) < 4.78 is 0. The zero-order valence-electron chi connectivity index (χ0n) is 16.3. The van der Waals surface area contributed by atoms with Crippen LogP contribution >= 0.6 is 0 Å². The third-order valence-corrected chi connectivity index (χ3v) is 6.24. The normalized spacial score (nSPS) is 27.2. The molecular weight excluding hydrogens is 372 g/mol. The summed E-state index contributed by atoms with van der Waals surface area (Å²) in [5.41, 5.74) is 7.60. The topological polar surface area (TPSA) is 122 Å². The Bertz CT molecular complexity index is 868. The predicted molar refractivity (Wildman–Crippen MR) is 105 cm³/mol. The lowest BCUT2D eigenvalue weighted by molar-refractivity contribution is -0.136. The maximum absolute atomic E-state index is 13.1. The van der Waals surface area contributed by atoms with E-state index >= 15 is 0 Å². The molecule has 2 heterocycles. The smallest absolute Gasteiger partial charge is 0.262 e. The number of nitrogens with one attached hydrogen (secondary N) is 2. The Morgan fingerprint density at radius 3 is 2.62 bits per heavy atom. The van der Waals surface area contributed by atoms with Gasteiger partial charge in [-0.3, -0.25) is 29.4 Å². The molecule has 3 atom stereocenters. The summed E-state index contributed by atoms with van der Waals surface area (Å²) in [6.07, 6.45) is 4.78. The fourth-order valence-electron chi connectivity index (χ4n) is 4.61. The van der Waals surface area contributed by atoms with Crippen LogP contribution in [-0.2, 0) is 16.1 Å². The molecule has 154 valence electrons. The number of carbonyl (C=O) groups excluding carboxylic acids is 4. The number of benzene rings is 1. The highest BCUT2D eigenvalue weighted by Gasteiger charge is 2.45. The standard InChI is InChI=1S/C21H26N4O4/c22-15-7-2-1-4-12(15)10-23-11-13-5-3-6-14-18(13)21(29)25(20(14)28)16-8-9-17(26)24-19(16)27/h3,5-6,12,15-16,23H,1-2,4,7-11,22H2,(H,24,26,27). The highest BCUT2D eigenvalue weighted by molar-refractivity contribution is 6.24. The van der Waals surface area contributed by atoms with Gasteiger partial charge in [0.15, 0.2) is 0 Å². The van der Waals surface area contributed by atoms with Gasteiger partial charge in [-0.1, -0.05) is 25.0 Å². The number of amides is 4. The minimum atomic E-state index is -0.943. The van der Waals surface area contributed by atoms with Gasteiger partial charge in [-0.05, 0) is 43.4 Å². The van der Waals surface area contributed by atoms with Gasteiger partial charge in [0, 0.05) is 19.0 Å². The number of rotatable bonds is 5. The molecule has 1 saturated carbocycles. The molecule has 0 bridgehead atoms. The Morgan fingerprint density at radius 1 is 1.07 bits per heavy atom. The summed E-state index contributed by atoms with van der Waals surface area (Å²) in [7, 11) is 0. The van der Waals surface area contributed by atoms with Gasteiger partial charge in [0.05, 0.1) is 11.1 Å². The molecule has 0 spiro atoms. The summed E-state index contributed by atoms with van der Waals surface area (Å²) in [5.74, 6) is -1.50. The average molecular weight is 398 g/mol. The van der Waals surface area contributed by atoms with Crippen LogP contribution in [0.4, 0.5) is 0 Å². The fourth-order valence-corrected chi connectivity index (χ4v) is 4.61. The SMILES string of the molecule is NC1CCCCC1CNCc1cccc2c1C(=O)N(C1CCC(=O)NC1=O)C2=O. The van der Waals surface area contributed by atoms with Gasteiger partial charge < -0.3 is 11.1 Å². The van der Waals surface area contributed by atoms with Gasteiger partial charge >= 0.3 is 0 Å². The number of nitrogens with two attached hydrogens (primary N) is 1. The van der Waals surface area contributed by atoms with Crippen LogP contribution in [-0.4, -0.2) is 47.2 Å². The lowest BCUT2D eigenvalue weighted by atomic mass is 9.85. The molecule has 8 heteroatoms. The molecule has 1 aliphatic carbocycles. The Balaban J connectivity index is 1.49. The second-order valence-electron chi connectivity index (χ2n) is 8.13. The zero-order valence-corrected chi connectivity index (χ0v) is 16.3. The molecular formula is C21H26N4O4. The van der Waals surface area contributed by atoms with Crippen molar-refractivity contribution in [1.29, 1.82) is 0 Å². The molecule has 1 saturated heterocycles. The maximum Gasteiger partial charge on any atom is 0.262 e. The van der Waals surface area contributed by atoms with Crippen LogP contribution in [0.1, 0.15) is 64.8 Å². The molecule has 4 amide bonds. The molecule has 1 aromatic rings. The summed E-state index contributed by atoms with van der Waals surface area (Å²) in [6.45, 7) is 1.22. The van der Waals surface area contributed by atoms with Crippen LogP contribution in [0.3, 0.4) is 0 Å². The molecule has 0 aromatic heterocycles. The van der Waals surface area contributed by atoms with Crippen molar-refractivity contribution in [3.05, 3.63) is 34.9 Å². The van der Waals surface area contributed by atoms with Crippen LogP contribution in [0.2, 0.25) is 0 Å². The van der Waals surface area contributed by atoms with Crippen molar-refractivity contribution < 1.29 is 19.2 Å². The van der Waals surface area contributed by atoms with E-state index in [1.165, 1.54) is 12.8 Å². The minimum Gasteiger partial charge on any atom is -0.327 e. The zero-order chi connectivity index (χ0) is 20.5. The van der Waals surface area contributed by atoms with Gasteiger partial charge in [-0.15, -0.1) is 0 Å². The minimum absolute atomic E-state index is 0.111. The van der Waals surface area contributed by atoms with E-state index in [0.29, 0.717) is 23.6 Å². The first-order valence-corrected chi connectivity index (χ1v) is 10.3. The van der Waals surface area contributed by atoms with Gasteiger partial charge in [0.25, 0.3) is 11.8 Å². The Labute approximate surface area is 169 Å². The van der Waals surface area contributed by atoms with Gasteiger partial charge in [0.2, 0.25) is 11.8 Å². The van der Waals surface area contributed by atoms with Gasteiger partial charge in [-0.25, -0.2) is 0 Å². The van der Waals surface area contributed by atoms with Gasteiger partial charge in [-0.2, -0.15) is 0 Å². The molecule has 29 heavy (non-hydrogen) atoms. The van der Waals surface area contributed by atoms with E-state index in [4.69, 9.17) is 5.73 Å². The highest BCUT2D eigenvalue weighted by Crippen LogP contribution is 2.30. The van der Waals surface area contributed by atoms with E-state index in [1.54, 1.807) is 12.1 Å². The quantitative estimate of drug-likeness (QED) is 0.628. The molecule has 3 unspecified atom stereocenters.